The van der Waals surface area contributed by atoms with E-state index in [2.05, 4.69) is 25.6 Å². The van der Waals surface area contributed by atoms with Crippen LogP contribution in [0.5, 0.6) is 5.75 Å². The highest BCUT2D eigenvalue weighted by Gasteiger charge is 2.19. The van der Waals surface area contributed by atoms with E-state index >= 15 is 0 Å². The number of hydrogen-bond donors (Lipinski definition) is 1. The molecule has 3 aromatic carbocycles. The standard InChI is InChI=1S/C24H19N9O/c1-32-30-22(26-31-32)15-9-12-20(25)19(13-15)21-17-5-3-4-6-18(17)24-28-27-23(33(24)29-21)14-7-10-16(34-2)11-8-14/h3-13H,25H2,1-2H3. The zero-order chi connectivity index (χ0) is 23.2. The van der Waals surface area contributed by atoms with Crippen LogP contribution in [0.1, 0.15) is 0 Å². The number of methoxy groups -OCH3 is 1. The minimum Gasteiger partial charge on any atom is -0.497 e. The Balaban J connectivity index is 1.61. The van der Waals surface area contributed by atoms with Crippen LogP contribution in [-0.2, 0) is 7.05 Å². The van der Waals surface area contributed by atoms with Gasteiger partial charge in [-0.05, 0) is 47.7 Å². The molecule has 2 N–H and O–H groups in total. The first-order chi connectivity index (χ1) is 16.6. The van der Waals surface area contributed by atoms with Crippen molar-refractivity contribution in [1.82, 2.24) is 40.0 Å². The number of hydrogen-bond acceptors (Lipinski definition) is 8. The molecular weight excluding hydrogens is 430 g/mol. The molecule has 0 unspecified atom stereocenters. The van der Waals surface area contributed by atoms with Crippen LogP contribution < -0.4 is 10.5 Å². The molecule has 0 spiro atoms. The largest absolute Gasteiger partial charge is 0.497 e. The third-order valence-electron chi connectivity index (χ3n) is 5.69. The number of ether oxygens (including phenoxy) is 1. The minimum absolute atomic E-state index is 0.511. The first kappa shape index (κ1) is 19.8. The number of nitrogens with zero attached hydrogens (tertiary/aromatic N) is 8. The molecule has 0 amide bonds. The third-order valence-corrected chi connectivity index (χ3v) is 5.69. The van der Waals surface area contributed by atoms with Crippen LogP contribution >= 0.6 is 0 Å². The molecule has 0 bridgehead atoms. The molecule has 0 saturated heterocycles. The van der Waals surface area contributed by atoms with E-state index in [0.717, 1.165) is 33.2 Å². The average molecular weight is 449 g/mol. The Morgan fingerprint density at radius 3 is 2.32 bits per heavy atom. The molecule has 166 valence electrons. The molecule has 0 aliphatic heterocycles. The summed E-state index contributed by atoms with van der Waals surface area (Å²) in [5.41, 5.74) is 10.8. The second kappa shape index (κ2) is 7.62. The SMILES string of the molecule is COc1ccc(-c2nnc3c4ccccc4c(-c4cc(-c5nnn(C)n5)ccc4N)nn23)cc1. The second-order valence-corrected chi connectivity index (χ2v) is 7.79. The second-order valence-electron chi connectivity index (χ2n) is 7.79. The number of nitrogens with two attached hydrogens (primary N) is 1. The van der Waals surface area contributed by atoms with Gasteiger partial charge in [0.15, 0.2) is 11.5 Å². The smallest absolute Gasteiger partial charge is 0.204 e. The van der Waals surface area contributed by atoms with Gasteiger partial charge in [0.1, 0.15) is 11.4 Å². The molecule has 0 fully saturated rings. The van der Waals surface area contributed by atoms with Gasteiger partial charge in [-0.2, -0.15) is 14.4 Å². The normalized spacial score (nSPS) is 11.4. The van der Waals surface area contributed by atoms with E-state index in [4.69, 9.17) is 15.6 Å². The first-order valence-electron chi connectivity index (χ1n) is 10.6. The van der Waals surface area contributed by atoms with Crippen molar-refractivity contribution in [2.45, 2.75) is 0 Å². The van der Waals surface area contributed by atoms with Crippen LogP contribution in [0.2, 0.25) is 0 Å². The quantitative estimate of drug-likeness (QED) is 0.407. The maximum Gasteiger partial charge on any atom is 0.204 e. The molecule has 0 radical (unpaired) electrons. The fourth-order valence-corrected chi connectivity index (χ4v) is 4.00. The summed E-state index contributed by atoms with van der Waals surface area (Å²) in [5, 5.41) is 28.1. The topological polar surface area (TPSA) is 122 Å². The maximum absolute atomic E-state index is 6.44. The number of benzene rings is 3. The number of aryl methyl sites for hydroxylation is 1. The lowest BCUT2D eigenvalue weighted by molar-refractivity contribution is 0.415. The van der Waals surface area contributed by atoms with Crippen molar-refractivity contribution >= 4 is 22.1 Å². The number of rotatable bonds is 4. The number of tetrazole rings is 1. The van der Waals surface area contributed by atoms with Gasteiger partial charge in [-0.25, -0.2) is 0 Å². The van der Waals surface area contributed by atoms with Gasteiger partial charge in [0.25, 0.3) is 0 Å². The summed E-state index contributed by atoms with van der Waals surface area (Å²) in [7, 11) is 3.36. The highest BCUT2D eigenvalue weighted by molar-refractivity contribution is 6.03. The predicted molar refractivity (Wildman–Crippen MR) is 128 cm³/mol. The molecule has 6 aromatic rings. The maximum atomic E-state index is 6.44. The minimum atomic E-state index is 0.511. The van der Waals surface area contributed by atoms with Gasteiger partial charge in [0.2, 0.25) is 5.82 Å². The molecule has 10 nitrogen and oxygen atoms in total. The Kier molecular flexibility index (Phi) is 4.44. The van der Waals surface area contributed by atoms with E-state index in [1.807, 2.05) is 66.7 Å². The van der Waals surface area contributed by atoms with Gasteiger partial charge in [-0.1, -0.05) is 24.3 Å². The van der Waals surface area contributed by atoms with E-state index in [9.17, 15) is 0 Å². The van der Waals surface area contributed by atoms with Gasteiger partial charge in [-0.3, -0.25) is 0 Å². The van der Waals surface area contributed by atoms with E-state index in [1.165, 1.54) is 4.80 Å². The van der Waals surface area contributed by atoms with Gasteiger partial charge < -0.3 is 10.5 Å². The molecular formula is C24H19N9O. The van der Waals surface area contributed by atoms with Crippen molar-refractivity contribution in [2.75, 3.05) is 12.8 Å². The van der Waals surface area contributed by atoms with Crippen LogP contribution in [0.4, 0.5) is 5.69 Å². The van der Waals surface area contributed by atoms with Crippen LogP contribution in [0.15, 0.2) is 66.7 Å². The number of fused-ring (bicyclic) bond motifs is 3. The molecule has 34 heavy (non-hydrogen) atoms. The lowest BCUT2D eigenvalue weighted by Crippen LogP contribution is -2.01. The summed E-state index contributed by atoms with van der Waals surface area (Å²) >= 11 is 0. The van der Waals surface area contributed by atoms with Gasteiger partial charge in [0.05, 0.1) is 14.2 Å². The molecule has 0 aliphatic carbocycles. The predicted octanol–water partition coefficient (Wildman–Crippen LogP) is 3.39. The number of anilines is 1. The lowest BCUT2D eigenvalue weighted by Gasteiger charge is -2.11. The van der Waals surface area contributed by atoms with Crippen molar-refractivity contribution in [1.29, 1.82) is 0 Å². The first-order valence-corrected chi connectivity index (χ1v) is 10.6. The fraction of sp³-hybridized carbons (Fsp3) is 0.0833. The summed E-state index contributed by atoms with van der Waals surface area (Å²) in [5.74, 6) is 1.89. The van der Waals surface area contributed by atoms with Crippen molar-refractivity contribution in [3.05, 3.63) is 66.7 Å². The van der Waals surface area contributed by atoms with Crippen molar-refractivity contribution < 1.29 is 4.74 Å². The van der Waals surface area contributed by atoms with Crippen molar-refractivity contribution in [3.63, 3.8) is 0 Å². The van der Waals surface area contributed by atoms with Crippen molar-refractivity contribution in [3.8, 4) is 39.8 Å². The number of nitrogen functional groups attached to an aromatic ring is 1. The molecule has 0 saturated carbocycles. The summed E-state index contributed by atoms with van der Waals surface area (Å²) in [4.78, 5) is 1.42. The van der Waals surface area contributed by atoms with Crippen LogP contribution in [0, 0.1) is 0 Å². The van der Waals surface area contributed by atoms with Crippen molar-refractivity contribution in [2.24, 2.45) is 7.05 Å². The summed E-state index contributed by atoms with van der Waals surface area (Å²) in [6, 6.07) is 21.2. The zero-order valence-electron chi connectivity index (χ0n) is 18.4. The zero-order valence-corrected chi connectivity index (χ0v) is 18.4. The third kappa shape index (κ3) is 3.12. The molecule has 3 heterocycles. The number of aromatic nitrogens is 8. The Morgan fingerprint density at radius 1 is 0.824 bits per heavy atom. The van der Waals surface area contributed by atoms with E-state index < -0.39 is 0 Å². The van der Waals surface area contributed by atoms with Crippen LogP contribution in [-0.4, -0.2) is 47.1 Å². The van der Waals surface area contributed by atoms with Gasteiger partial charge >= 0.3 is 0 Å². The fourth-order valence-electron chi connectivity index (χ4n) is 4.00. The Morgan fingerprint density at radius 2 is 1.59 bits per heavy atom. The van der Waals surface area contributed by atoms with E-state index in [-0.39, 0.29) is 0 Å². The molecule has 10 heteroatoms. The monoisotopic (exact) mass is 449 g/mol. The summed E-state index contributed by atoms with van der Waals surface area (Å²) < 4.78 is 7.04. The van der Waals surface area contributed by atoms with Gasteiger partial charge in [-0.15, -0.1) is 20.4 Å². The highest BCUT2D eigenvalue weighted by atomic mass is 16.5. The molecule has 6 rings (SSSR count). The summed E-state index contributed by atoms with van der Waals surface area (Å²) in [6.45, 7) is 0. The van der Waals surface area contributed by atoms with E-state index in [1.54, 1.807) is 18.7 Å². The molecule has 0 atom stereocenters. The Bertz CT molecular complexity index is 1670. The Labute approximate surface area is 193 Å². The van der Waals surface area contributed by atoms with Gasteiger partial charge in [0, 0.05) is 33.2 Å². The summed E-state index contributed by atoms with van der Waals surface area (Å²) in [6.07, 6.45) is 0. The Hall–Kier alpha value is -4.86. The average Bonchev–Trinajstić information content (AvgIpc) is 3.50. The van der Waals surface area contributed by atoms with E-state index in [0.29, 0.717) is 28.7 Å². The van der Waals surface area contributed by atoms with Crippen LogP contribution in [0.3, 0.4) is 0 Å². The lowest BCUT2D eigenvalue weighted by atomic mass is 10.0. The van der Waals surface area contributed by atoms with Crippen LogP contribution in [0.25, 0.3) is 50.5 Å². The highest BCUT2D eigenvalue weighted by Crippen LogP contribution is 2.35. The molecule has 0 aliphatic rings. The molecule has 3 aromatic heterocycles.